The van der Waals surface area contributed by atoms with Crippen LogP contribution in [0.3, 0.4) is 0 Å². The summed E-state index contributed by atoms with van der Waals surface area (Å²) >= 11 is 0. The Bertz CT molecular complexity index is 786. The number of H-pyrrole nitrogens is 1. The number of morpholine rings is 1. The summed E-state index contributed by atoms with van der Waals surface area (Å²) < 4.78 is 5.41. The first-order chi connectivity index (χ1) is 12.7. The van der Waals surface area contributed by atoms with Crippen LogP contribution in [-0.4, -0.2) is 48.9 Å². The average molecular weight is 354 g/mol. The summed E-state index contributed by atoms with van der Waals surface area (Å²) in [7, 11) is 0. The molecule has 6 nitrogen and oxygen atoms in total. The number of rotatable bonds is 4. The van der Waals surface area contributed by atoms with Crippen LogP contribution in [0, 0.1) is 5.92 Å². The SMILES string of the molecule is C[C@H]1CCN(c2nc(N3CCOCC3)cc(=O)[nH]2)[C@H]1Cc1ccccc1. The van der Waals surface area contributed by atoms with Crippen molar-refractivity contribution >= 4 is 11.8 Å². The monoisotopic (exact) mass is 354 g/mol. The third-order valence-corrected chi connectivity index (χ3v) is 5.49. The first-order valence-corrected chi connectivity index (χ1v) is 9.45. The van der Waals surface area contributed by atoms with E-state index in [0.717, 1.165) is 38.3 Å². The Morgan fingerprint density at radius 3 is 2.73 bits per heavy atom. The number of nitrogens with zero attached hydrogens (tertiary/aromatic N) is 3. The third-order valence-electron chi connectivity index (χ3n) is 5.49. The van der Waals surface area contributed by atoms with Crippen molar-refractivity contribution in [1.29, 1.82) is 0 Å². The van der Waals surface area contributed by atoms with Gasteiger partial charge in [0.15, 0.2) is 0 Å². The molecule has 138 valence electrons. The Morgan fingerprint density at radius 2 is 1.96 bits per heavy atom. The van der Waals surface area contributed by atoms with Crippen molar-refractivity contribution < 1.29 is 4.74 Å². The molecule has 0 saturated carbocycles. The molecule has 4 rings (SSSR count). The lowest BCUT2D eigenvalue weighted by atomic mass is 9.96. The van der Waals surface area contributed by atoms with Crippen LogP contribution in [0.5, 0.6) is 0 Å². The Kier molecular flexibility index (Phi) is 4.93. The highest BCUT2D eigenvalue weighted by Gasteiger charge is 2.33. The molecule has 0 radical (unpaired) electrons. The predicted molar refractivity (Wildman–Crippen MR) is 103 cm³/mol. The van der Waals surface area contributed by atoms with Crippen LogP contribution >= 0.6 is 0 Å². The maximum absolute atomic E-state index is 12.3. The quantitative estimate of drug-likeness (QED) is 0.911. The highest BCUT2D eigenvalue weighted by Crippen LogP contribution is 2.30. The molecule has 0 aliphatic carbocycles. The van der Waals surface area contributed by atoms with E-state index in [0.29, 0.717) is 31.1 Å². The van der Waals surface area contributed by atoms with Gasteiger partial charge in [0.1, 0.15) is 5.82 Å². The zero-order valence-corrected chi connectivity index (χ0v) is 15.2. The number of ether oxygens (including phenoxy) is 1. The van der Waals surface area contributed by atoms with E-state index < -0.39 is 0 Å². The average Bonchev–Trinajstić information content (AvgIpc) is 3.03. The lowest BCUT2D eigenvalue weighted by Gasteiger charge is -2.30. The molecule has 2 fully saturated rings. The molecule has 0 bridgehead atoms. The highest BCUT2D eigenvalue weighted by molar-refractivity contribution is 5.45. The number of nitrogens with one attached hydrogen (secondary N) is 1. The molecule has 6 heteroatoms. The second-order valence-electron chi connectivity index (χ2n) is 7.24. The molecular formula is C20H26N4O2. The van der Waals surface area contributed by atoms with E-state index in [9.17, 15) is 4.79 Å². The normalized spacial score (nSPS) is 23.4. The van der Waals surface area contributed by atoms with Gasteiger partial charge >= 0.3 is 0 Å². The lowest BCUT2D eigenvalue weighted by Crippen LogP contribution is -2.39. The van der Waals surface area contributed by atoms with E-state index in [1.807, 2.05) is 6.07 Å². The minimum Gasteiger partial charge on any atom is -0.378 e. The van der Waals surface area contributed by atoms with Gasteiger partial charge in [0.05, 0.1) is 13.2 Å². The van der Waals surface area contributed by atoms with Crippen LogP contribution in [0.25, 0.3) is 0 Å². The summed E-state index contributed by atoms with van der Waals surface area (Å²) in [6.45, 7) is 6.13. The van der Waals surface area contributed by atoms with Crippen LogP contribution in [0.15, 0.2) is 41.2 Å². The van der Waals surface area contributed by atoms with Gasteiger partial charge in [-0.15, -0.1) is 0 Å². The van der Waals surface area contributed by atoms with Crippen LogP contribution in [0.1, 0.15) is 18.9 Å². The fourth-order valence-corrected chi connectivity index (χ4v) is 3.96. The predicted octanol–water partition coefficient (Wildman–Crippen LogP) is 2.06. The Hall–Kier alpha value is -2.34. The van der Waals surface area contributed by atoms with Crippen molar-refractivity contribution in [3.8, 4) is 0 Å². The Morgan fingerprint density at radius 1 is 1.19 bits per heavy atom. The molecule has 0 amide bonds. The van der Waals surface area contributed by atoms with E-state index in [4.69, 9.17) is 9.72 Å². The summed E-state index contributed by atoms with van der Waals surface area (Å²) in [5.74, 6) is 2.02. The lowest BCUT2D eigenvalue weighted by molar-refractivity contribution is 0.122. The summed E-state index contributed by atoms with van der Waals surface area (Å²) in [5.41, 5.74) is 1.23. The van der Waals surface area contributed by atoms with E-state index in [-0.39, 0.29) is 5.56 Å². The van der Waals surface area contributed by atoms with Gasteiger partial charge < -0.3 is 14.5 Å². The van der Waals surface area contributed by atoms with Crippen molar-refractivity contribution in [2.75, 3.05) is 42.6 Å². The summed E-state index contributed by atoms with van der Waals surface area (Å²) in [4.78, 5) is 24.5. The van der Waals surface area contributed by atoms with Crippen molar-refractivity contribution in [1.82, 2.24) is 9.97 Å². The number of hydrogen-bond donors (Lipinski definition) is 1. The summed E-state index contributed by atoms with van der Waals surface area (Å²) in [6, 6.07) is 12.5. The maximum Gasteiger partial charge on any atom is 0.254 e. The fraction of sp³-hybridized carbons (Fsp3) is 0.500. The Labute approximate surface area is 153 Å². The number of hydrogen-bond acceptors (Lipinski definition) is 5. The van der Waals surface area contributed by atoms with Gasteiger partial charge in [-0.1, -0.05) is 37.3 Å². The number of aromatic amines is 1. The van der Waals surface area contributed by atoms with Crippen molar-refractivity contribution in [3.05, 3.63) is 52.3 Å². The standard InChI is InChI=1S/C20H26N4O2/c1-15-7-8-24(17(15)13-16-5-3-2-4-6-16)20-21-18(14-19(25)22-20)23-9-11-26-12-10-23/h2-6,14-15,17H,7-13H2,1H3,(H,21,22,25)/t15-,17-/m0/s1. The second-order valence-corrected chi connectivity index (χ2v) is 7.24. The largest absolute Gasteiger partial charge is 0.378 e. The van der Waals surface area contributed by atoms with Crippen molar-refractivity contribution in [3.63, 3.8) is 0 Å². The van der Waals surface area contributed by atoms with Crippen molar-refractivity contribution in [2.24, 2.45) is 5.92 Å². The van der Waals surface area contributed by atoms with Crippen LogP contribution < -0.4 is 15.4 Å². The molecule has 1 N–H and O–H groups in total. The molecule has 0 unspecified atom stereocenters. The maximum atomic E-state index is 12.3. The van der Waals surface area contributed by atoms with E-state index >= 15 is 0 Å². The molecular weight excluding hydrogens is 328 g/mol. The molecule has 2 atom stereocenters. The number of anilines is 2. The van der Waals surface area contributed by atoms with Crippen LogP contribution in [0.4, 0.5) is 11.8 Å². The van der Waals surface area contributed by atoms with E-state index in [2.05, 4.69) is 46.0 Å². The van der Waals surface area contributed by atoms with E-state index in [1.165, 1.54) is 5.56 Å². The van der Waals surface area contributed by atoms with Crippen molar-refractivity contribution in [2.45, 2.75) is 25.8 Å². The van der Waals surface area contributed by atoms with Gasteiger partial charge in [-0.3, -0.25) is 9.78 Å². The molecule has 26 heavy (non-hydrogen) atoms. The highest BCUT2D eigenvalue weighted by atomic mass is 16.5. The van der Waals surface area contributed by atoms with Crippen LogP contribution in [-0.2, 0) is 11.2 Å². The van der Waals surface area contributed by atoms with Gasteiger partial charge in [-0.25, -0.2) is 0 Å². The molecule has 1 aromatic carbocycles. The smallest absolute Gasteiger partial charge is 0.254 e. The van der Waals surface area contributed by atoms with Gasteiger partial charge in [-0.2, -0.15) is 4.98 Å². The molecule has 2 saturated heterocycles. The first kappa shape index (κ1) is 17.1. The summed E-state index contributed by atoms with van der Waals surface area (Å²) in [5, 5.41) is 0. The number of aromatic nitrogens is 2. The number of benzene rings is 1. The molecule has 1 aromatic heterocycles. The van der Waals surface area contributed by atoms with Gasteiger partial charge in [0.25, 0.3) is 5.56 Å². The zero-order chi connectivity index (χ0) is 17.9. The fourth-order valence-electron chi connectivity index (χ4n) is 3.96. The minimum atomic E-state index is -0.0884. The first-order valence-electron chi connectivity index (χ1n) is 9.45. The molecule has 2 aromatic rings. The summed E-state index contributed by atoms with van der Waals surface area (Å²) in [6.07, 6.45) is 2.08. The van der Waals surface area contributed by atoms with Gasteiger partial charge in [0.2, 0.25) is 5.95 Å². The van der Waals surface area contributed by atoms with Crippen LogP contribution in [0.2, 0.25) is 0 Å². The third kappa shape index (κ3) is 3.60. The molecule has 3 heterocycles. The second kappa shape index (κ2) is 7.50. The Balaban J connectivity index is 1.60. The topological polar surface area (TPSA) is 61.5 Å². The van der Waals surface area contributed by atoms with Gasteiger partial charge in [0, 0.05) is 31.7 Å². The molecule has 0 spiro atoms. The van der Waals surface area contributed by atoms with Gasteiger partial charge in [-0.05, 0) is 24.3 Å². The minimum absolute atomic E-state index is 0.0884. The molecule has 2 aliphatic rings. The molecule has 2 aliphatic heterocycles. The van der Waals surface area contributed by atoms with E-state index in [1.54, 1.807) is 6.07 Å². The zero-order valence-electron chi connectivity index (χ0n) is 15.2.